The van der Waals surface area contributed by atoms with Crippen LogP contribution in [0.1, 0.15) is 0 Å². The predicted molar refractivity (Wildman–Crippen MR) is 72.3 cm³/mol. The van der Waals surface area contributed by atoms with Crippen molar-refractivity contribution < 1.29 is 9.15 Å². The Kier molecular flexibility index (Phi) is 2.64. The molecule has 0 spiro atoms. The van der Waals surface area contributed by atoms with Crippen LogP contribution < -0.4 is 10.4 Å². The lowest BCUT2D eigenvalue weighted by Gasteiger charge is -2.05. The quantitative estimate of drug-likeness (QED) is 0.660. The second-order valence-electron chi connectivity index (χ2n) is 3.82. The summed E-state index contributed by atoms with van der Waals surface area (Å²) in [6.07, 6.45) is 0. The Morgan fingerprint density at radius 1 is 1.22 bits per heavy atom. The van der Waals surface area contributed by atoms with E-state index in [2.05, 4.69) is 0 Å². The van der Waals surface area contributed by atoms with Crippen LogP contribution >= 0.6 is 11.3 Å². The molecule has 0 radical (unpaired) electrons. The lowest BCUT2D eigenvalue weighted by molar-refractivity contribution is 0.414. The summed E-state index contributed by atoms with van der Waals surface area (Å²) in [6.45, 7) is 0. The number of hydrogen-bond acceptors (Lipinski definition) is 4. The largest absolute Gasteiger partial charge is 0.497 e. The fraction of sp³-hybridized carbons (Fsp3) is 0.0714. The van der Waals surface area contributed by atoms with E-state index in [9.17, 15) is 4.79 Å². The summed E-state index contributed by atoms with van der Waals surface area (Å²) in [7, 11) is 1.59. The summed E-state index contributed by atoms with van der Waals surface area (Å²) in [6, 6.07) is 11.0. The van der Waals surface area contributed by atoms with Gasteiger partial charge in [0.25, 0.3) is 0 Å². The number of rotatable bonds is 2. The molecule has 3 rings (SSSR count). The molecule has 1 aromatic carbocycles. The zero-order chi connectivity index (χ0) is 12.5. The van der Waals surface area contributed by atoms with Crippen molar-refractivity contribution >= 4 is 22.3 Å². The topological polar surface area (TPSA) is 39.4 Å². The van der Waals surface area contributed by atoms with Crippen LogP contribution in [-0.2, 0) is 0 Å². The van der Waals surface area contributed by atoms with E-state index in [1.807, 2.05) is 29.6 Å². The van der Waals surface area contributed by atoms with Gasteiger partial charge in [-0.2, -0.15) is 0 Å². The molecule has 2 aromatic heterocycles. The Morgan fingerprint density at radius 2 is 2.11 bits per heavy atom. The summed E-state index contributed by atoms with van der Waals surface area (Å²) in [5.41, 5.74) is 1.10. The van der Waals surface area contributed by atoms with E-state index >= 15 is 0 Å². The van der Waals surface area contributed by atoms with Gasteiger partial charge in [0, 0.05) is 28.0 Å². The van der Waals surface area contributed by atoms with Gasteiger partial charge in [0.1, 0.15) is 11.3 Å². The molecule has 4 heteroatoms. The van der Waals surface area contributed by atoms with Crippen LogP contribution in [0.3, 0.4) is 0 Å². The smallest absolute Gasteiger partial charge is 0.336 e. The number of hydrogen-bond donors (Lipinski definition) is 0. The van der Waals surface area contributed by atoms with Crippen LogP contribution in [0.25, 0.3) is 21.4 Å². The first-order valence-corrected chi connectivity index (χ1v) is 6.31. The van der Waals surface area contributed by atoms with E-state index in [0.29, 0.717) is 11.3 Å². The first kappa shape index (κ1) is 11.0. The minimum atomic E-state index is -0.348. The highest BCUT2D eigenvalue weighted by atomic mass is 32.1. The van der Waals surface area contributed by atoms with Gasteiger partial charge in [-0.25, -0.2) is 4.79 Å². The Labute approximate surface area is 107 Å². The minimum absolute atomic E-state index is 0.348. The monoisotopic (exact) mass is 258 g/mol. The molecule has 0 amide bonds. The maximum absolute atomic E-state index is 11.6. The van der Waals surface area contributed by atoms with E-state index in [1.54, 1.807) is 24.5 Å². The second kappa shape index (κ2) is 4.31. The molecule has 0 aliphatic carbocycles. The average molecular weight is 258 g/mol. The summed E-state index contributed by atoms with van der Waals surface area (Å²) in [5, 5.41) is 2.90. The Bertz CT molecular complexity index is 741. The lowest BCUT2D eigenvalue weighted by Crippen LogP contribution is -1.97. The van der Waals surface area contributed by atoms with Gasteiger partial charge in [-0.05, 0) is 23.6 Å². The van der Waals surface area contributed by atoms with E-state index in [-0.39, 0.29) is 5.63 Å². The predicted octanol–water partition coefficient (Wildman–Crippen LogP) is 3.53. The van der Waals surface area contributed by atoms with Gasteiger partial charge < -0.3 is 9.15 Å². The standard InChI is InChI=1S/C14H10O3S/c1-16-9-4-5-10-11(13-3-2-6-18-13)8-14(15)17-12(10)7-9/h2-8H,1H3. The maximum atomic E-state index is 11.6. The molecule has 0 saturated carbocycles. The molecule has 18 heavy (non-hydrogen) atoms. The molecule has 2 heterocycles. The van der Waals surface area contributed by atoms with Crippen LogP contribution in [0.15, 0.2) is 51.0 Å². The number of thiophene rings is 1. The molecule has 0 bridgehead atoms. The van der Waals surface area contributed by atoms with Crippen LogP contribution in [-0.4, -0.2) is 7.11 Å². The highest BCUT2D eigenvalue weighted by Gasteiger charge is 2.09. The first-order valence-electron chi connectivity index (χ1n) is 5.44. The van der Waals surface area contributed by atoms with Gasteiger partial charge in [-0.1, -0.05) is 6.07 Å². The summed E-state index contributed by atoms with van der Waals surface area (Å²) in [5.74, 6) is 0.675. The molecule has 0 aliphatic heterocycles. The number of fused-ring (bicyclic) bond motifs is 1. The third kappa shape index (κ3) is 1.80. The fourth-order valence-corrected chi connectivity index (χ4v) is 2.66. The Morgan fingerprint density at radius 3 is 2.83 bits per heavy atom. The van der Waals surface area contributed by atoms with Gasteiger partial charge in [0.05, 0.1) is 7.11 Å². The molecule has 3 aromatic rings. The Balaban J connectivity index is 2.35. The fourth-order valence-electron chi connectivity index (χ4n) is 1.91. The highest BCUT2D eigenvalue weighted by molar-refractivity contribution is 7.13. The number of methoxy groups -OCH3 is 1. The highest BCUT2D eigenvalue weighted by Crippen LogP contribution is 2.32. The van der Waals surface area contributed by atoms with Crippen molar-refractivity contribution in [2.24, 2.45) is 0 Å². The molecule has 0 atom stereocenters. The molecule has 0 saturated heterocycles. The maximum Gasteiger partial charge on any atom is 0.336 e. The third-order valence-corrected chi connectivity index (χ3v) is 3.64. The van der Waals surface area contributed by atoms with E-state index < -0.39 is 0 Å². The van der Waals surface area contributed by atoms with Crippen molar-refractivity contribution in [3.05, 3.63) is 52.2 Å². The Hall–Kier alpha value is -2.07. The van der Waals surface area contributed by atoms with Gasteiger partial charge >= 0.3 is 5.63 Å². The zero-order valence-electron chi connectivity index (χ0n) is 9.67. The van der Waals surface area contributed by atoms with Crippen molar-refractivity contribution in [3.63, 3.8) is 0 Å². The molecule has 0 N–H and O–H groups in total. The van der Waals surface area contributed by atoms with Gasteiger partial charge in [0.15, 0.2) is 0 Å². The third-order valence-electron chi connectivity index (χ3n) is 2.74. The van der Waals surface area contributed by atoms with Crippen molar-refractivity contribution in [2.75, 3.05) is 7.11 Å². The van der Waals surface area contributed by atoms with E-state index in [0.717, 1.165) is 15.8 Å². The van der Waals surface area contributed by atoms with Crippen LogP contribution in [0.4, 0.5) is 0 Å². The second-order valence-corrected chi connectivity index (χ2v) is 4.77. The van der Waals surface area contributed by atoms with E-state index in [1.165, 1.54) is 6.07 Å². The minimum Gasteiger partial charge on any atom is -0.497 e. The van der Waals surface area contributed by atoms with Crippen LogP contribution in [0.5, 0.6) is 5.75 Å². The average Bonchev–Trinajstić information content (AvgIpc) is 2.90. The summed E-state index contributed by atoms with van der Waals surface area (Å²) < 4.78 is 10.3. The summed E-state index contributed by atoms with van der Waals surface area (Å²) in [4.78, 5) is 12.6. The van der Waals surface area contributed by atoms with Gasteiger partial charge in [-0.15, -0.1) is 11.3 Å². The first-order chi connectivity index (χ1) is 8.78. The molecule has 0 aliphatic rings. The van der Waals surface area contributed by atoms with Crippen LogP contribution in [0.2, 0.25) is 0 Å². The number of benzene rings is 1. The number of ether oxygens (including phenoxy) is 1. The molecule has 0 fully saturated rings. The zero-order valence-corrected chi connectivity index (χ0v) is 10.5. The normalized spacial score (nSPS) is 10.7. The lowest BCUT2D eigenvalue weighted by atomic mass is 10.1. The van der Waals surface area contributed by atoms with Gasteiger partial charge in [-0.3, -0.25) is 0 Å². The summed E-state index contributed by atoms with van der Waals surface area (Å²) >= 11 is 1.60. The van der Waals surface area contributed by atoms with E-state index in [4.69, 9.17) is 9.15 Å². The van der Waals surface area contributed by atoms with Crippen molar-refractivity contribution in [1.29, 1.82) is 0 Å². The van der Waals surface area contributed by atoms with Crippen molar-refractivity contribution in [3.8, 4) is 16.2 Å². The molecule has 3 nitrogen and oxygen atoms in total. The molecular weight excluding hydrogens is 248 g/mol. The molecule has 0 unspecified atom stereocenters. The van der Waals surface area contributed by atoms with Gasteiger partial charge in [0.2, 0.25) is 0 Å². The molecule has 90 valence electrons. The van der Waals surface area contributed by atoms with Crippen LogP contribution in [0, 0.1) is 0 Å². The van der Waals surface area contributed by atoms with Crippen molar-refractivity contribution in [2.45, 2.75) is 0 Å². The van der Waals surface area contributed by atoms with Crippen molar-refractivity contribution in [1.82, 2.24) is 0 Å². The molecular formula is C14H10O3S. The SMILES string of the molecule is COc1ccc2c(-c3cccs3)cc(=O)oc2c1.